The topological polar surface area (TPSA) is 70.5 Å². The van der Waals surface area contributed by atoms with E-state index < -0.39 is 0 Å². The van der Waals surface area contributed by atoms with Gasteiger partial charge in [0.2, 0.25) is 0 Å². The van der Waals surface area contributed by atoms with E-state index in [9.17, 15) is 9.59 Å². The highest BCUT2D eigenvalue weighted by molar-refractivity contribution is 5.77. The third kappa shape index (κ3) is 2.66. The molecule has 7 nitrogen and oxygen atoms in total. The van der Waals surface area contributed by atoms with Crippen molar-refractivity contribution in [2.24, 2.45) is 0 Å². The third-order valence-electron chi connectivity index (χ3n) is 5.31. The Hall–Kier alpha value is -3.19. The maximum Gasteiger partial charge on any atom is 0.295 e. The normalized spacial score (nSPS) is 17.4. The Morgan fingerprint density at radius 3 is 2.64 bits per heavy atom. The van der Waals surface area contributed by atoms with Crippen LogP contribution in [0, 0.1) is 0 Å². The van der Waals surface area contributed by atoms with Gasteiger partial charge in [0, 0.05) is 12.8 Å². The predicted octanol–water partition coefficient (Wildman–Crippen LogP) is 2.56. The van der Waals surface area contributed by atoms with E-state index >= 15 is 0 Å². The van der Waals surface area contributed by atoms with Crippen molar-refractivity contribution in [3.8, 4) is 0 Å². The second-order valence-corrected chi connectivity index (χ2v) is 7.09. The van der Waals surface area contributed by atoms with Crippen LogP contribution in [0.25, 0.3) is 16.6 Å². The summed E-state index contributed by atoms with van der Waals surface area (Å²) in [6, 6.07) is 13.3. The van der Waals surface area contributed by atoms with Gasteiger partial charge in [0.25, 0.3) is 11.1 Å². The van der Waals surface area contributed by atoms with Gasteiger partial charge in [-0.25, -0.2) is 0 Å². The molecule has 3 aromatic heterocycles. The molecule has 7 heteroatoms. The summed E-state index contributed by atoms with van der Waals surface area (Å²) in [5, 5.41) is 4.37. The van der Waals surface area contributed by atoms with Crippen molar-refractivity contribution < 1.29 is 4.74 Å². The van der Waals surface area contributed by atoms with E-state index in [0.29, 0.717) is 29.7 Å². The molecule has 0 saturated carbocycles. The van der Waals surface area contributed by atoms with Gasteiger partial charge < -0.3 is 9.14 Å². The molecule has 4 aromatic rings. The van der Waals surface area contributed by atoms with Crippen LogP contribution in [-0.2, 0) is 11.3 Å². The van der Waals surface area contributed by atoms with Gasteiger partial charge >= 0.3 is 0 Å². The number of hydrogen-bond donors (Lipinski definition) is 0. The first-order valence-corrected chi connectivity index (χ1v) is 9.51. The first-order valence-electron chi connectivity index (χ1n) is 9.51. The van der Waals surface area contributed by atoms with Crippen LogP contribution < -0.4 is 11.1 Å². The van der Waals surface area contributed by atoms with Crippen molar-refractivity contribution in [3.63, 3.8) is 0 Å². The number of nitrogens with zero attached hydrogens (tertiary/aromatic N) is 4. The molecule has 4 heterocycles. The molecule has 0 bridgehead atoms. The van der Waals surface area contributed by atoms with Crippen LogP contribution in [0.5, 0.6) is 0 Å². The van der Waals surface area contributed by atoms with E-state index in [1.807, 2.05) is 30.3 Å². The molecule has 5 rings (SSSR count). The first kappa shape index (κ1) is 16.9. The highest BCUT2D eigenvalue weighted by atomic mass is 16.5. The van der Waals surface area contributed by atoms with Gasteiger partial charge in [-0.1, -0.05) is 30.3 Å². The van der Waals surface area contributed by atoms with E-state index in [1.54, 1.807) is 33.5 Å². The largest absolute Gasteiger partial charge is 0.356 e. The molecule has 1 fully saturated rings. The van der Waals surface area contributed by atoms with Gasteiger partial charge in [-0.3, -0.25) is 14.2 Å². The molecule has 1 saturated heterocycles. The van der Waals surface area contributed by atoms with Gasteiger partial charge in [-0.15, -0.1) is 0 Å². The molecule has 0 N–H and O–H groups in total. The minimum Gasteiger partial charge on any atom is -0.356 e. The molecular weight excluding hydrogens is 356 g/mol. The lowest BCUT2D eigenvalue weighted by Crippen LogP contribution is -2.34. The van der Waals surface area contributed by atoms with Crippen molar-refractivity contribution in [1.82, 2.24) is 18.7 Å². The first-order chi connectivity index (χ1) is 13.7. The molecule has 0 amide bonds. The average molecular weight is 376 g/mol. The summed E-state index contributed by atoms with van der Waals surface area (Å²) in [4.78, 5) is 26.4. The Labute approximate surface area is 160 Å². The van der Waals surface area contributed by atoms with Crippen LogP contribution >= 0.6 is 0 Å². The molecule has 0 aliphatic carbocycles. The fraction of sp³-hybridized carbons (Fsp3) is 0.286. The molecule has 1 unspecified atom stereocenters. The number of benzene rings is 1. The standard InChI is InChI=1S/C21H20N4O3/c26-20-16-9-6-11-23(16)19-17(24(20)14-15-7-2-1-3-8-15)13-22-25(21(19)27)18-10-4-5-12-28-18/h1-3,6-9,11,13,18H,4-5,10,12,14H2. The zero-order chi connectivity index (χ0) is 19.1. The average Bonchev–Trinajstić information content (AvgIpc) is 3.22. The summed E-state index contributed by atoms with van der Waals surface area (Å²) < 4.78 is 10.5. The summed E-state index contributed by atoms with van der Waals surface area (Å²) >= 11 is 0. The second-order valence-electron chi connectivity index (χ2n) is 7.09. The molecule has 0 spiro atoms. The van der Waals surface area contributed by atoms with Gasteiger partial charge in [-0.05, 0) is 37.0 Å². The lowest BCUT2D eigenvalue weighted by Gasteiger charge is -2.23. The van der Waals surface area contributed by atoms with E-state index in [0.717, 1.165) is 24.8 Å². The number of hydrogen-bond acceptors (Lipinski definition) is 4. The summed E-state index contributed by atoms with van der Waals surface area (Å²) in [5.41, 5.74) is 2.04. The van der Waals surface area contributed by atoms with Crippen molar-refractivity contribution in [2.45, 2.75) is 32.0 Å². The van der Waals surface area contributed by atoms with Crippen molar-refractivity contribution in [2.75, 3.05) is 6.61 Å². The summed E-state index contributed by atoms with van der Waals surface area (Å²) in [6.07, 6.45) is 5.76. The fourth-order valence-electron chi connectivity index (χ4n) is 3.92. The Kier molecular flexibility index (Phi) is 4.09. The Bertz CT molecular complexity index is 1260. The van der Waals surface area contributed by atoms with Crippen LogP contribution in [0.15, 0.2) is 64.4 Å². The van der Waals surface area contributed by atoms with Gasteiger partial charge in [0.15, 0.2) is 6.23 Å². The number of aromatic nitrogens is 4. The Morgan fingerprint density at radius 1 is 1.00 bits per heavy atom. The highest BCUT2D eigenvalue weighted by Gasteiger charge is 2.22. The van der Waals surface area contributed by atoms with Crippen LogP contribution in [0.4, 0.5) is 0 Å². The second kappa shape index (κ2) is 6.76. The van der Waals surface area contributed by atoms with Gasteiger partial charge in [0.1, 0.15) is 11.0 Å². The molecule has 0 radical (unpaired) electrons. The Balaban J connectivity index is 1.78. The minimum atomic E-state index is -0.356. The van der Waals surface area contributed by atoms with Gasteiger partial charge in [0.05, 0.1) is 18.3 Å². The van der Waals surface area contributed by atoms with Crippen LogP contribution in [-0.4, -0.2) is 25.4 Å². The highest BCUT2D eigenvalue weighted by Crippen LogP contribution is 2.21. The maximum absolute atomic E-state index is 13.3. The number of fused-ring (bicyclic) bond motifs is 3. The van der Waals surface area contributed by atoms with E-state index in [2.05, 4.69) is 5.10 Å². The zero-order valence-electron chi connectivity index (χ0n) is 15.3. The minimum absolute atomic E-state index is 0.144. The lowest BCUT2D eigenvalue weighted by atomic mass is 10.2. The monoisotopic (exact) mass is 376 g/mol. The van der Waals surface area contributed by atoms with Crippen LogP contribution in [0.1, 0.15) is 31.1 Å². The molecule has 142 valence electrons. The zero-order valence-corrected chi connectivity index (χ0v) is 15.3. The Morgan fingerprint density at radius 2 is 1.86 bits per heavy atom. The summed E-state index contributed by atoms with van der Waals surface area (Å²) in [6.45, 7) is 1.01. The molecule has 1 atom stereocenters. The van der Waals surface area contributed by atoms with Crippen molar-refractivity contribution in [3.05, 3.63) is 81.1 Å². The van der Waals surface area contributed by atoms with E-state index in [-0.39, 0.29) is 17.3 Å². The third-order valence-corrected chi connectivity index (χ3v) is 5.31. The predicted molar refractivity (Wildman–Crippen MR) is 106 cm³/mol. The van der Waals surface area contributed by atoms with Crippen molar-refractivity contribution in [1.29, 1.82) is 0 Å². The van der Waals surface area contributed by atoms with Crippen LogP contribution in [0.2, 0.25) is 0 Å². The molecular formula is C21H20N4O3. The number of rotatable bonds is 3. The quantitative estimate of drug-likeness (QED) is 0.551. The smallest absolute Gasteiger partial charge is 0.295 e. The molecule has 28 heavy (non-hydrogen) atoms. The summed E-state index contributed by atoms with van der Waals surface area (Å²) in [7, 11) is 0. The van der Waals surface area contributed by atoms with Crippen LogP contribution in [0.3, 0.4) is 0 Å². The maximum atomic E-state index is 13.3. The molecule has 1 aliphatic heterocycles. The van der Waals surface area contributed by atoms with E-state index in [1.165, 1.54) is 4.68 Å². The van der Waals surface area contributed by atoms with Crippen molar-refractivity contribution >= 4 is 16.6 Å². The lowest BCUT2D eigenvalue weighted by molar-refractivity contribution is -0.0421. The number of ether oxygens (including phenoxy) is 1. The van der Waals surface area contributed by atoms with Gasteiger partial charge in [-0.2, -0.15) is 9.78 Å². The SMILES string of the molecule is O=c1c2c(cnn1C1CCCCO1)n(Cc1ccccc1)c(=O)c1cccn12. The molecule has 1 aromatic carbocycles. The fourth-order valence-corrected chi connectivity index (χ4v) is 3.92. The van der Waals surface area contributed by atoms with E-state index in [4.69, 9.17) is 4.74 Å². The summed E-state index contributed by atoms with van der Waals surface area (Å²) in [5.74, 6) is 0. The molecule has 1 aliphatic rings.